The summed E-state index contributed by atoms with van der Waals surface area (Å²) >= 11 is 0. The van der Waals surface area contributed by atoms with Crippen molar-refractivity contribution in [1.29, 1.82) is 0 Å². The third-order valence-electron chi connectivity index (χ3n) is 3.81. The number of fused-ring (bicyclic) bond motifs is 1. The molecule has 3 heteroatoms. The molecule has 0 fully saturated rings. The summed E-state index contributed by atoms with van der Waals surface area (Å²) in [5.74, 6) is 1.96. The zero-order valence-corrected chi connectivity index (χ0v) is 12.3. The lowest BCUT2D eigenvalue weighted by Crippen LogP contribution is -2.31. The van der Waals surface area contributed by atoms with Gasteiger partial charge in [-0.3, -0.25) is 0 Å². The van der Waals surface area contributed by atoms with Crippen molar-refractivity contribution in [1.82, 2.24) is 5.32 Å². The van der Waals surface area contributed by atoms with Gasteiger partial charge < -0.3 is 14.8 Å². The minimum Gasteiger partial charge on any atom is -0.497 e. The maximum atomic E-state index is 5.91. The van der Waals surface area contributed by atoms with Crippen molar-refractivity contribution in [2.24, 2.45) is 0 Å². The SMILES string of the molecule is COc1cccc(CCNCC2Cc3ccccc3O2)c1. The fraction of sp³-hybridized carbons (Fsp3) is 0.333. The van der Waals surface area contributed by atoms with Gasteiger partial charge in [-0.15, -0.1) is 0 Å². The van der Waals surface area contributed by atoms with Gasteiger partial charge in [-0.05, 0) is 42.3 Å². The van der Waals surface area contributed by atoms with Crippen LogP contribution < -0.4 is 14.8 Å². The number of ether oxygens (including phenoxy) is 2. The number of methoxy groups -OCH3 is 1. The fourth-order valence-corrected chi connectivity index (χ4v) is 2.69. The molecule has 1 aliphatic rings. The largest absolute Gasteiger partial charge is 0.497 e. The Bertz CT molecular complexity index is 572. The molecular formula is C18H21NO2. The molecule has 0 aromatic heterocycles. The Balaban J connectivity index is 1.41. The molecule has 1 heterocycles. The summed E-state index contributed by atoms with van der Waals surface area (Å²) < 4.78 is 11.2. The van der Waals surface area contributed by atoms with E-state index in [4.69, 9.17) is 9.47 Å². The lowest BCUT2D eigenvalue weighted by Gasteiger charge is -2.12. The second-order valence-corrected chi connectivity index (χ2v) is 5.36. The maximum absolute atomic E-state index is 5.91. The van der Waals surface area contributed by atoms with Crippen LogP contribution in [0.3, 0.4) is 0 Å². The molecule has 0 saturated heterocycles. The smallest absolute Gasteiger partial charge is 0.123 e. The third kappa shape index (κ3) is 3.56. The molecule has 2 aromatic rings. The van der Waals surface area contributed by atoms with Crippen LogP contribution in [0.5, 0.6) is 11.5 Å². The van der Waals surface area contributed by atoms with E-state index in [0.29, 0.717) is 0 Å². The van der Waals surface area contributed by atoms with Crippen molar-refractivity contribution >= 4 is 0 Å². The maximum Gasteiger partial charge on any atom is 0.123 e. The zero-order valence-electron chi connectivity index (χ0n) is 12.3. The van der Waals surface area contributed by atoms with E-state index in [1.165, 1.54) is 11.1 Å². The molecule has 2 aromatic carbocycles. The van der Waals surface area contributed by atoms with E-state index >= 15 is 0 Å². The molecule has 0 bridgehead atoms. The van der Waals surface area contributed by atoms with E-state index in [1.807, 2.05) is 24.3 Å². The fourth-order valence-electron chi connectivity index (χ4n) is 2.69. The van der Waals surface area contributed by atoms with Gasteiger partial charge in [0.25, 0.3) is 0 Å². The monoisotopic (exact) mass is 283 g/mol. The standard InChI is InChI=1S/C18H21NO2/c1-20-16-7-4-5-14(11-16)9-10-19-13-17-12-15-6-2-3-8-18(15)21-17/h2-8,11,17,19H,9-10,12-13H2,1H3. The Morgan fingerprint density at radius 1 is 1.19 bits per heavy atom. The van der Waals surface area contributed by atoms with Gasteiger partial charge in [-0.2, -0.15) is 0 Å². The first kappa shape index (κ1) is 14.0. The molecule has 1 N–H and O–H groups in total. The van der Waals surface area contributed by atoms with Crippen LogP contribution in [0, 0.1) is 0 Å². The van der Waals surface area contributed by atoms with Crippen molar-refractivity contribution < 1.29 is 9.47 Å². The Hall–Kier alpha value is -2.00. The van der Waals surface area contributed by atoms with Crippen molar-refractivity contribution in [3.05, 3.63) is 59.7 Å². The molecular weight excluding hydrogens is 262 g/mol. The summed E-state index contributed by atoms with van der Waals surface area (Å²) in [6.07, 6.45) is 2.26. The molecule has 3 rings (SSSR count). The summed E-state index contributed by atoms with van der Waals surface area (Å²) in [6.45, 7) is 1.84. The summed E-state index contributed by atoms with van der Waals surface area (Å²) in [7, 11) is 1.70. The molecule has 0 saturated carbocycles. The average Bonchev–Trinajstić information content (AvgIpc) is 2.94. The van der Waals surface area contributed by atoms with Crippen LogP contribution in [-0.4, -0.2) is 26.3 Å². The Morgan fingerprint density at radius 3 is 2.95 bits per heavy atom. The predicted molar refractivity (Wildman–Crippen MR) is 84.1 cm³/mol. The van der Waals surface area contributed by atoms with Crippen LogP contribution in [0.25, 0.3) is 0 Å². The van der Waals surface area contributed by atoms with Crippen molar-refractivity contribution in [3.63, 3.8) is 0 Å². The number of nitrogens with one attached hydrogen (secondary N) is 1. The van der Waals surface area contributed by atoms with Gasteiger partial charge in [0.15, 0.2) is 0 Å². The molecule has 0 spiro atoms. The number of rotatable bonds is 6. The number of benzene rings is 2. The van der Waals surface area contributed by atoms with Gasteiger partial charge in [0.05, 0.1) is 7.11 Å². The second kappa shape index (κ2) is 6.64. The van der Waals surface area contributed by atoms with E-state index in [0.717, 1.165) is 37.4 Å². The summed E-state index contributed by atoms with van der Waals surface area (Å²) in [5, 5.41) is 3.48. The highest BCUT2D eigenvalue weighted by atomic mass is 16.5. The highest BCUT2D eigenvalue weighted by molar-refractivity contribution is 5.37. The van der Waals surface area contributed by atoms with Gasteiger partial charge >= 0.3 is 0 Å². The van der Waals surface area contributed by atoms with Gasteiger partial charge in [0.1, 0.15) is 17.6 Å². The normalized spacial score (nSPS) is 16.3. The van der Waals surface area contributed by atoms with Crippen LogP contribution in [0.1, 0.15) is 11.1 Å². The minimum absolute atomic E-state index is 0.257. The topological polar surface area (TPSA) is 30.5 Å². The van der Waals surface area contributed by atoms with E-state index in [1.54, 1.807) is 7.11 Å². The summed E-state index contributed by atoms with van der Waals surface area (Å²) in [5.41, 5.74) is 2.61. The average molecular weight is 283 g/mol. The highest BCUT2D eigenvalue weighted by Gasteiger charge is 2.21. The quantitative estimate of drug-likeness (QED) is 0.827. The summed E-state index contributed by atoms with van der Waals surface area (Å²) in [4.78, 5) is 0. The molecule has 21 heavy (non-hydrogen) atoms. The van der Waals surface area contributed by atoms with Crippen LogP contribution in [0.2, 0.25) is 0 Å². The lowest BCUT2D eigenvalue weighted by atomic mass is 10.1. The molecule has 0 radical (unpaired) electrons. The van der Waals surface area contributed by atoms with Crippen molar-refractivity contribution in [2.75, 3.05) is 20.2 Å². The van der Waals surface area contributed by atoms with Crippen LogP contribution >= 0.6 is 0 Å². The van der Waals surface area contributed by atoms with Gasteiger partial charge in [0, 0.05) is 13.0 Å². The Morgan fingerprint density at radius 2 is 2.10 bits per heavy atom. The molecule has 0 amide bonds. The first-order valence-electron chi connectivity index (χ1n) is 7.43. The zero-order chi connectivity index (χ0) is 14.5. The molecule has 0 aliphatic carbocycles. The third-order valence-corrected chi connectivity index (χ3v) is 3.81. The van der Waals surface area contributed by atoms with E-state index in [2.05, 4.69) is 29.6 Å². The number of hydrogen-bond acceptors (Lipinski definition) is 3. The van der Waals surface area contributed by atoms with Gasteiger partial charge in [0.2, 0.25) is 0 Å². The summed E-state index contributed by atoms with van der Waals surface area (Å²) in [6, 6.07) is 16.5. The second-order valence-electron chi connectivity index (χ2n) is 5.36. The first-order chi connectivity index (χ1) is 10.3. The lowest BCUT2D eigenvalue weighted by molar-refractivity contribution is 0.228. The van der Waals surface area contributed by atoms with Crippen LogP contribution in [0.4, 0.5) is 0 Å². The predicted octanol–water partition coefficient (Wildman–Crippen LogP) is 2.83. The van der Waals surface area contributed by atoms with E-state index in [9.17, 15) is 0 Å². The highest BCUT2D eigenvalue weighted by Crippen LogP contribution is 2.27. The van der Waals surface area contributed by atoms with Gasteiger partial charge in [-0.1, -0.05) is 30.3 Å². The van der Waals surface area contributed by atoms with Crippen molar-refractivity contribution in [2.45, 2.75) is 18.9 Å². The Labute approximate surface area is 125 Å². The molecule has 1 aliphatic heterocycles. The van der Waals surface area contributed by atoms with Crippen LogP contribution in [0.15, 0.2) is 48.5 Å². The number of para-hydroxylation sites is 1. The molecule has 110 valence electrons. The Kier molecular flexibility index (Phi) is 4.41. The van der Waals surface area contributed by atoms with Crippen molar-refractivity contribution in [3.8, 4) is 11.5 Å². The molecule has 1 unspecified atom stereocenters. The first-order valence-corrected chi connectivity index (χ1v) is 7.43. The van der Waals surface area contributed by atoms with E-state index < -0.39 is 0 Å². The molecule has 1 atom stereocenters. The minimum atomic E-state index is 0.257. The number of hydrogen-bond donors (Lipinski definition) is 1. The molecule has 3 nitrogen and oxygen atoms in total. The van der Waals surface area contributed by atoms with E-state index in [-0.39, 0.29) is 6.10 Å². The van der Waals surface area contributed by atoms with Gasteiger partial charge in [-0.25, -0.2) is 0 Å². The van der Waals surface area contributed by atoms with Crippen LogP contribution in [-0.2, 0) is 12.8 Å².